The van der Waals surface area contributed by atoms with Gasteiger partial charge in [0.25, 0.3) is 0 Å². The number of hydrogen-bond donors (Lipinski definition) is 0. The molecule has 0 aliphatic heterocycles. The molecule has 0 fully saturated rings. The monoisotopic (exact) mass is 161 g/mol. The molecule has 1 heteroatoms. The first-order valence-corrected chi connectivity index (χ1v) is 4.37. The lowest BCUT2D eigenvalue weighted by molar-refractivity contribution is 1.02. The smallest absolute Gasteiger partial charge is 0.0658 e. The van der Waals surface area contributed by atoms with E-state index < -0.39 is 0 Å². The Labute approximate surface area is 74.2 Å². The highest BCUT2D eigenvalue weighted by molar-refractivity contribution is 5.48. The zero-order valence-electron chi connectivity index (χ0n) is 7.96. The van der Waals surface area contributed by atoms with Crippen molar-refractivity contribution in [3.63, 3.8) is 0 Å². The number of allylic oxidation sites excluding steroid dienone is 1. The molecule has 0 amide bonds. The Morgan fingerprint density at radius 3 is 2.75 bits per heavy atom. The summed E-state index contributed by atoms with van der Waals surface area (Å²) in [6, 6.07) is 4.21. The summed E-state index contributed by atoms with van der Waals surface area (Å²) in [5.41, 5.74) is 3.50. The van der Waals surface area contributed by atoms with E-state index in [1.54, 1.807) is 0 Å². The van der Waals surface area contributed by atoms with Crippen LogP contribution in [0.4, 0.5) is 0 Å². The number of aryl methyl sites for hydroxylation is 2. The molecule has 1 aromatic rings. The minimum Gasteiger partial charge on any atom is -0.253 e. The molecule has 12 heavy (non-hydrogen) atoms. The third kappa shape index (κ3) is 1.94. The molecule has 1 heterocycles. The molecular formula is C11H15N. The van der Waals surface area contributed by atoms with Crippen molar-refractivity contribution in [3.05, 3.63) is 35.2 Å². The van der Waals surface area contributed by atoms with Crippen LogP contribution in [0, 0.1) is 6.92 Å². The molecule has 1 aromatic heterocycles. The second-order valence-electron chi connectivity index (χ2n) is 2.86. The predicted octanol–water partition coefficient (Wildman–Crippen LogP) is 2.99. The Hall–Kier alpha value is -1.11. The van der Waals surface area contributed by atoms with Crippen LogP contribution < -0.4 is 0 Å². The van der Waals surface area contributed by atoms with E-state index in [1.165, 1.54) is 5.56 Å². The van der Waals surface area contributed by atoms with Gasteiger partial charge in [-0.25, -0.2) is 0 Å². The number of rotatable bonds is 2. The standard InChI is InChI=1S/C11H15N/c1-4-6-11-9(3)7-8-10(5-2)12-11/h4,6-8H,5H2,1-3H3. The van der Waals surface area contributed by atoms with Crippen molar-refractivity contribution in [1.29, 1.82) is 0 Å². The number of nitrogens with zero attached hydrogens (tertiary/aromatic N) is 1. The lowest BCUT2D eigenvalue weighted by Gasteiger charge is -2.01. The molecule has 0 aliphatic rings. The highest BCUT2D eigenvalue weighted by Crippen LogP contribution is 2.08. The van der Waals surface area contributed by atoms with Crippen LogP contribution in [0.1, 0.15) is 30.8 Å². The fraction of sp³-hybridized carbons (Fsp3) is 0.364. The molecule has 1 nitrogen and oxygen atoms in total. The van der Waals surface area contributed by atoms with E-state index in [0.29, 0.717) is 0 Å². The molecule has 0 radical (unpaired) electrons. The van der Waals surface area contributed by atoms with Gasteiger partial charge >= 0.3 is 0 Å². The average molecular weight is 161 g/mol. The molecule has 0 bridgehead atoms. The van der Waals surface area contributed by atoms with Gasteiger partial charge in [0.15, 0.2) is 0 Å². The molecule has 0 N–H and O–H groups in total. The van der Waals surface area contributed by atoms with Crippen LogP contribution in [-0.4, -0.2) is 4.98 Å². The molecule has 0 atom stereocenters. The van der Waals surface area contributed by atoms with Crippen molar-refractivity contribution < 1.29 is 0 Å². The third-order valence-corrected chi connectivity index (χ3v) is 1.88. The summed E-state index contributed by atoms with van der Waals surface area (Å²) in [6.07, 6.45) is 5.08. The first kappa shape index (κ1) is 8.98. The fourth-order valence-electron chi connectivity index (χ4n) is 1.11. The Morgan fingerprint density at radius 2 is 2.17 bits per heavy atom. The summed E-state index contributed by atoms with van der Waals surface area (Å²) in [5.74, 6) is 0. The van der Waals surface area contributed by atoms with Gasteiger partial charge in [0.1, 0.15) is 0 Å². The van der Waals surface area contributed by atoms with Crippen LogP contribution in [0.5, 0.6) is 0 Å². The van der Waals surface area contributed by atoms with E-state index in [-0.39, 0.29) is 0 Å². The third-order valence-electron chi connectivity index (χ3n) is 1.88. The summed E-state index contributed by atoms with van der Waals surface area (Å²) in [6.45, 7) is 6.22. The van der Waals surface area contributed by atoms with Crippen LogP contribution in [0.15, 0.2) is 18.2 Å². The minimum absolute atomic E-state index is 1.00. The minimum atomic E-state index is 1.00. The molecule has 0 saturated carbocycles. The van der Waals surface area contributed by atoms with E-state index in [0.717, 1.165) is 17.8 Å². The maximum absolute atomic E-state index is 4.49. The summed E-state index contributed by atoms with van der Waals surface area (Å²) in [4.78, 5) is 4.49. The average Bonchev–Trinajstić information content (AvgIpc) is 2.09. The van der Waals surface area contributed by atoms with Crippen molar-refractivity contribution >= 4 is 6.08 Å². The van der Waals surface area contributed by atoms with Crippen molar-refractivity contribution in [2.24, 2.45) is 0 Å². The van der Waals surface area contributed by atoms with E-state index in [9.17, 15) is 0 Å². The van der Waals surface area contributed by atoms with E-state index in [2.05, 4.69) is 37.0 Å². The second kappa shape index (κ2) is 4.05. The normalized spacial score (nSPS) is 10.9. The van der Waals surface area contributed by atoms with Crippen LogP contribution in [0.25, 0.3) is 6.08 Å². The van der Waals surface area contributed by atoms with Crippen LogP contribution in [0.2, 0.25) is 0 Å². The second-order valence-corrected chi connectivity index (χ2v) is 2.86. The van der Waals surface area contributed by atoms with Gasteiger partial charge in [-0.3, -0.25) is 4.98 Å². The van der Waals surface area contributed by atoms with E-state index in [1.807, 2.05) is 13.0 Å². The molecular weight excluding hydrogens is 146 g/mol. The van der Waals surface area contributed by atoms with Gasteiger partial charge in [0.2, 0.25) is 0 Å². The lowest BCUT2D eigenvalue weighted by atomic mass is 10.1. The largest absolute Gasteiger partial charge is 0.253 e. The van der Waals surface area contributed by atoms with Gasteiger partial charge in [-0.2, -0.15) is 0 Å². The zero-order chi connectivity index (χ0) is 8.97. The Kier molecular flexibility index (Phi) is 3.03. The molecule has 0 aromatic carbocycles. The topological polar surface area (TPSA) is 12.9 Å². The SMILES string of the molecule is CC=Cc1nc(CC)ccc1C. The van der Waals surface area contributed by atoms with Gasteiger partial charge in [-0.1, -0.05) is 19.1 Å². The van der Waals surface area contributed by atoms with Crippen LogP contribution in [-0.2, 0) is 6.42 Å². The first-order chi connectivity index (χ1) is 5.77. The zero-order valence-corrected chi connectivity index (χ0v) is 7.96. The Bertz CT molecular complexity index is 287. The highest BCUT2D eigenvalue weighted by Gasteiger charge is 1.96. The van der Waals surface area contributed by atoms with Crippen molar-refractivity contribution in [3.8, 4) is 0 Å². The van der Waals surface area contributed by atoms with E-state index >= 15 is 0 Å². The molecule has 0 spiro atoms. The van der Waals surface area contributed by atoms with Crippen LogP contribution in [0.3, 0.4) is 0 Å². The molecule has 0 saturated heterocycles. The van der Waals surface area contributed by atoms with Gasteiger partial charge in [-0.05, 0) is 38.0 Å². The lowest BCUT2D eigenvalue weighted by Crippen LogP contribution is -1.92. The maximum Gasteiger partial charge on any atom is 0.0658 e. The van der Waals surface area contributed by atoms with Gasteiger partial charge < -0.3 is 0 Å². The molecule has 0 aliphatic carbocycles. The molecule has 0 unspecified atom stereocenters. The molecule has 64 valence electrons. The van der Waals surface area contributed by atoms with Gasteiger partial charge in [0.05, 0.1) is 5.69 Å². The van der Waals surface area contributed by atoms with Crippen molar-refractivity contribution in [2.45, 2.75) is 27.2 Å². The first-order valence-electron chi connectivity index (χ1n) is 4.37. The summed E-state index contributed by atoms with van der Waals surface area (Å²) < 4.78 is 0. The van der Waals surface area contributed by atoms with Crippen LogP contribution >= 0.6 is 0 Å². The van der Waals surface area contributed by atoms with E-state index in [4.69, 9.17) is 0 Å². The Morgan fingerprint density at radius 1 is 1.42 bits per heavy atom. The van der Waals surface area contributed by atoms with Gasteiger partial charge in [0, 0.05) is 5.69 Å². The maximum atomic E-state index is 4.49. The summed E-state index contributed by atoms with van der Waals surface area (Å²) in [7, 11) is 0. The van der Waals surface area contributed by atoms with Crippen molar-refractivity contribution in [2.75, 3.05) is 0 Å². The predicted molar refractivity (Wildman–Crippen MR) is 53.1 cm³/mol. The summed E-state index contributed by atoms with van der Waals surface area (Å²) >= 11 is 0. The van der Waals surface area contributed by atoms with Gasteiger partial charge in [-0.15, -0.1) is 0 Å². The quantitative estimate of drug-likeness (QED) is 0.649. The summed E-state index contributed by atoms with van der Waals surface area (Å²) in [5, 5.41) is 0. The number of pyridine rings is 1. The fourth-order valence-corrected chi connectivity index (χ4v) is 1.11. The molecule has 1 rings (SSSR count). The highest BCUT2D eigenvalue weighted by atomic mass is 14.7. The number of hydrogen-bond acceptors (Lipinski definition) is 1. The number of aromatic nitrogens is 1. The Balaban J connectivity index is 3.08. The van der Waals surface area contributed by atoms with Crippen molar-refractivity contribution in [1.82, 2.24) is 4.98 Å².